The lowest BCUT2D eigenvalue weighted by Gasteiger charge is -2.13. The molecule has 0 spiro atoms. The highest BCUT2D eigenvalue weighted by molar-refractivity contribution is 6.33. The Balaban J connectivity index is 0.00000200. The van der Waals surface area contributed by atoms with Gasteiger partial charge in [-0.15, -0.1) is 12.4 Å². The van der Waals surface area contributed by atoms with E-state index in [0.717, 1.165) is 19.4 Å². The van der Waals surface area contributed by atoms with E-state index in [1.54, 1.807) is 18.2 Å². The van der Waals surface area contributed by atoms with Crippen LogP contribution in [0.15, 0.2) is 18.2 Å². The zero-order valence-corrected chi connectivity index (χ0v) is 12.6. The number of halogens is 2. The van der Waals surface area contributed by atoms with Gasteiger partial charge in [-0.05, 0) is 37.6 Å². The van der Waals surface area contributed by atoms with Crippen molar-refractivity contribution in [3.8, 4) is 0 Å². The SMILES string of the molecule is CC(=O)Nc1cc(NC(=O)C2CCCN2)ccc1Cl.Cl. The van der Waals surface area contributed by atoms with Crippen LogP contribution in [0.4, 0.5) is 11.4 Å². The van der Waals surface area contributed by atoms with Crippen molar-refractivity contribution in [1.82, 2.24) is 5.32 Å². The maximum atomic E-state index is 11.9. The molecule has 1 atom stereocenters. The van der Waals surface area contributed by atoms with E-state index in [1.165, 1.54) is 6.92 Å². The first-order valence-corrected chi connectivity index (χ1v) is 6.55. The molecule has 2 rings (SSSR count). The monoisotopic (exact) mass is 317 g/mol. The molecule has 1 fully saturated rings. The first kappa shape index (κ1) is 16.8. The maximum Gasteiger partial charge on any atom is 0.241 e. The molecule has 1 heterocycles. The molecule has 1 saturated heterocycles. The molecular weight excluding hydrogens is 301 g/mol. The summed E-state index contributed by atoms with van der Waals surface area (Å²) < 4.78 is 0. The fourth-order valence-electron chi connectivity index (χ4n) is 2.03. The summed E-state index contributed by atoms with van der Waals surface area (Å²) in [5, 5.41) is 9.00. The molecule has 7 heteroatoms. The Labute approximate surface area is 128 Å². The number of hydrogen-bond acceptors (Lipinski definition) is 3. The third-order valence-electron chi connectivity index (χ3n) is 2.92. The van der Waals surface area contributed by atoms with Crippen molar-refractivity contribution in [1.29, 1.82) is 0 Å². The second-order valence-electron chi connectivity index (χ2n) is 4.51. The van der Waals surface area contributed by atoms with E-state index >= 15 is 0 Å². The molecule has 20 heavy (non-hydrogen) atoms. The van der Waals surface area contributed by atoms with Crippen LogP contribution in [-0.4, -0.2) is 24.4 Å². The average molecular weight is 318 g/mol. The first-order valence-electron chi connectivity index (χ1n) is 6.17. The highest BCUT2D eigenvalue weighted by Gasteiger charge is 2.22. The molecule has 0 aliphatic carbocycles. The molecule has 1 aromatic carbocycles. The fraction of sp³-hybridized carbons (Fsp3) is 0.385. The van der Waals surface area contributed by atoms with Crippen LogP contribution in [0.1, 0.15) is 19.8 Å². The summed E-state index contributed by atoms with van der Waals surface area (Å²) in [6.45, 7) is 2.28. The molecule has 0 radical (unpaired) electrons. The third kappa shape index (κ3) is 4.37. The number of rotatable bonds is 3. The molecule has 110 valence electrons. The second-order valence-corrected chi connectivity index (χ2v) is 4.92. The van der Waals surface area contributed by atoms with E-state index in [2.05, 4.69) is 16.0 Å². The standard InChI is InChI=1S/C13H16ClN3O2.ClH/c1-8(18)16-12-7-9(4-5-10(12)14)17-13(19)11-3-2-6-15-11;/h4-5,7,11,15H,2-3,6H2,1H3,(H,16,18)(H,17,19);1H. The number of carbonyl (C=O) groups excluding carboxylic acids is 2. The van der Waals surface area contributed by atoms with Gasteiger partial charge in [0.25, 0.3) is 0 Å². The Bertz CT molecular complexity index is 502. The van der Waals surface area contributed by atoms with Gasteiger partial charge < -0.3 is 16.0 Å². The van der Waals surface area contributed by atoms with Gasteiger partial charge in [0.1, 0.15) is 0 Å². The molecule has 1 aromatic rings. The zero-order chi connectivity index (χ0) is 13.8. The molecule has 1 aliphatic heterocycles. The Morgan fingerprint density at radius 2 is 2.10 bits per heavy atom. The summed E-state index contributed by atoms with van der Waals surface area (Å²) in [4.78, 5) is 23.0. The maximum absolute atomic E-state index is 11.9. The third-order valence-corrected chi connectivity index (χ3v) is 3.25. The summed E-state index contributed by atoms with van der Waals surface area (Å²) >= 11 is 5.96. The number of nitrogens with one attached hydrogen (secondary N) is 3. The zero-order valence-electron chi connectivity index (χ0n) is 11.0. The molecule has 3 N–H and O–H groups in total. The Morgan fingerprint density at radius 1 is 1.35 bits per heavy atom. The van der Waals surface area contributed by atoms with Crippen molar-refractivity contribution in [3.05, 3.63) is 23.2 Å². The number of amides is 2. The van der Waals surface area contributed by atoms with Crippen LogP contribution in [0.5, 0.6) is 0 Å². The van der Waals surface area contributed by atoms with Gasteiger partial charge in [0.15, 0.2) is 0 Å². The summed E-state index contributed by atoms with van der Waals surface area (Å²) in [7, 11) is 0. The molecule has 1 aliphatic rings. The number of hydrogen-bond donors (Lipinski definition) is 3. The van der Waals surface area contributed by atoms with Crippen molar-refractivity contribution in [2.75, 3.05) is 17.2 Å². The van der Waals surface area contributed by atoms with Gasteiger partial charge in [0, 0.05) is 12.6 Å². The Kier molecular flexibility index (Phi) is 6.26. The van der Waals surface area contributed by atoms with Crippen molar-refractivity contribution in [3.63, 3.8) is 0 Å². The minimum absolute atomic E-state index is 0. The summed E-state index contributed by atoms with van der Waals surface area (Å²) in [5.74, 6) is -0.267. The van der Waals surface area contributed by atoms with Crippen molar-refractivity contribution in [2.24, 2.45) is 0 Å². The van der Waals surface area contributed by atoms with Crippen LogP contribution in [0.3, 0.4) is 0 Å². The van der Waals surface area contributed by atoms with Gasteiger partial charge in [0.2, 0.25) is 11.8 Å². The number of anilines is 2. The normalized spacial score (nSPS) is 17.2. The van der Waals surface area contributed by atoms with Crippen molar-refractivity contribution < 1.29 is 9.59 Å². The lowest BCUT2D eigenvalue weighted by atomic mass is 10.2. The van der Waals surface area contributed by atoms with Crippen molar-refractivity contribution >= 4 is 47.2 Å². The van der Waals surface area contributed by atoms with Crippen LogP contribution in [-0.2, 0) is 9.59 Å². The van der Waals surface area contributed by atoms with Gasteiger partial charge in [-0.25, -0.2) is 0 Å². The van der Waals surface area contributed by atoms with E-state index in [4.69, 9.17) is 11.6 Å². The van der Waals surface area contributed by atoms with E-state index in [-0.39, 0.29) is 30.3 Å². The number of benzene rings is 1. The van der Waals surface area contributed by atoms with Gasteiger partial charge in [-0.1, -0.05) is 11.6 Å². The predicted molar refractivity (Wildman–Crippen MR) is 82.7 cm³/mol. The summed E-state index contributed by atoms with van der Waals surface area (Å²) in [5.41, 5.74) is 1.11. The quantitative estimate of drug-likeness (QED) is 0.801. The summed E-state index contributed by atoms with van der Waals surface area (Å²) in [6, 6.07) is 4.86. The highest BCUT2D eigenvalue weighted by Crippen LogP contribution is 2.25. The molecule has 0 bridgehead atoms. The fourth-order valence-corrected chi connectivity index (χ4v) is 2.19. The molecule has 0 saturated carbocycles. The van der Waals surface area contributed by atoms with Gasteiger partial charge in [-0.3, -0.25) is 9.59 Å². The topological polar surface area (TPSA) is 70.2 Å². The predicted octanol–water partition coefficient (Wildman–Crippen LogP) is 2.41. The van der Waals surface area contributed by atoms with Crippen LogP contribution < -0.4 is 16.0 Å². The van der Waals surface area contributed by atoms with Crippen LogP contribution in [0, 0.1) is 0 Å². The van der Waals surface area contributed by atoms with E-state index in [9.17, 15) is 9.59 Å². The molecular formula is C13H17Cl2N3O2. The molecule has 1 unspecified atom stereocenters. The van der Waals surface area contributed by atoms with E-state index in [0.29, 0.717) is 16.4 Å². The van der Waals surface area contributed by atoms with Gasteiger partial charge in [-0.2, -0.15) is 0 Å². The van der Waals surface area contributed by atoms with Crippen molar-refractivity contribution in [2.45, 2.75) is 25.8 Å². The Morgan fingerprint density at radius 3 is 2.70 bits per heavy atom. The van der Waals surface area contributed by atoms with Crippen LogP contribution in [0.2, 0.25) is 5.02 Å². The number of carbonyl (C=O) groups is 2. The average Bonchev–Trinajstić information content (AvgIpc) is 2.86. The second kappa shape index (κ2) is 7.47. The Hall–Kier alpha value is -1.30. The molecule has 5 nitrogen and oxygen atoms in total. The smallest absolute Gasteiger partial charge is 0.241 e. The van der Waals surface area contributed by atoms with E-state index < -0.39 is 0 Å². The minimum atomic E-state index is -0.206. The van der Waals surface area contributed by atoms with E-state index in [1.807, 2.05) is 0 Å². The minimum Gasteiger partial charge on any atom is -0.325 e. The molecule has 2 amide bonds. The largest absolute Gasteiger partial charge is 0.325 e. The van der Waals surface area contributed by atoms with Crippen LogP contribution in [0.25, 0.3) is 0 Å². The lowest BCUT2D eigenvalue weighted by Crippen LogP contribution is -2.35. The van der Waals surface area contributed by atoms with Crippen LogP contribution >= 0.6 is 24.0 Å². The highest BCUT2D eigenvalue weighted by atomic mass is 35.5. The lowest BCUT2D eigenvalue weighted by molar-refractivity contribution is -0.117. The summed E-state index contributed by atoms with van der Waals surface area (Å²) in [6.07, 6.45) is 1.85. The van der Waals surface area contributed by atoms with Gasteiger partial charge >= 0.3 is 0 Å². The first-order chi connectivity index (χ1) is 9.06. The molecule has 0 aromatic heterocycles. The van der Waals surface area contributed by atoms with Gasteiger partial charge in [0.05, 0.1) is 16.8 Å².